The van der Waals surface area contributed by atoms with Crippen LogP contribution in [0.25, 0.3) is 0 Å². The molecule has 0 unspecified atom stereocenters. The van der Waals surface area contributed by atoms with E-state index in [4.69, 9.17) is 21.4 Å². The van der Waals surface area contributed by atoms with E-state index in [0.717, 1.165) is 5.56 Å². The fourth-order valence-electron chi connectivity index (χ4n) is 1.42. The quantitative estimate of drug-likeness (QED) is 0.759. The van der Waals surface area contributed by atoms with Gasteiger partial charge in [-0.1, -0.05) is 17.7 Å². The van der Waals surface area contributed by atoms with Crippen molar-refractivity contribution >= 4 is 30.0 Å². The van der Waals surface area contributed by atoms with E-state index in [-0.39, 0.29) is 18.8 Å². The van der Waals surface area contributed by atoms with E-state index in [1.165, 1.54) is 0 Å². The average molecular weight is 294 g/mol. The van der Waals surface area contributed by atoms with Crippen LogP contribution in [-0.2, 0) is 11.3 Å². The first-order valence-electron chi connectivity index (χ1n) is 5.38. The molecule has 0 radical (unpaired) electrons. The Balaban J connectivity index is 0.00000289. The molecule has 1 rings (SSSR count). The number of methoxy groups -OCH3 is 1. The number of hydrogen-bond donors (Lipinski definition) is 2. The van der Waals surface area contributed by atoms with Crippen LogP contribution in [0.2, 0.25) is 5.02 Å². The van der Waals surface area contributed by atoms with Gasteiger partial charge in [0.2, 0.25) is 0 Å². The van der Waals surface area contributed by atoms with Gasteiger partial charge in [-0.25, -0.2) is 0 Å². The molecule has 2 N–H and O–H groups in total. The highest BCUT2D eigenvalue weighted by Crippen LogP contribution is 2.24. The molecule has 0 atom stereocenters. The van der Waals surface area contributed by atoms with Crippen LogP contribution in [0.3, 0.4) is 0 Å². The Morgan fingerprint density at radius 3 is 2.78 bits per heavy atom. The summed E-state index contributed by atoms with van der Waals surface area (Å²) in [6.45, 7) is 1.35. The number of aliphatic carboxylic acids is 1. The third-order valence-electron chi connectivity index (χ3n) is 2.29. The molecule has 0 saturated heterocycles. The first-order valence-corrected chi connectivity index (χ1v) is 5.76. The molecule has 0 aliphatic heterocycles. The third kappa shape index (κ3) is 6.10. The Hall–Kier alpha value is -0.970. The molecule has 1 aromatic rings. The maximum atomic E-state index is 10.3. The second-order valence-electron chi connectivity index (χ2n) is 3.64. The molecule has 6 heteroatoms. The van der Waals surface area contributed by atoms with Crippen LogP contribution in [0.5, 0.6) is 5.75 Å². The molecular weight excluding hydrogens is 277 g/mol. The maximum Gasteiger partial charge on any atom is 0.303 e. The first-order chi connectivity index (χ1) is 8.13. The van der Waals surface area contributed by atoms with Gasteiger partial charge in [0.25, 0.3) is 0 Å². The van der Waals surface area contributed by atoms with Crippen molar-refractivity contribution in [2.75, 3.05) is 13.7 Å². The third-order valence-corrected chi connectivity index (χ3v) is 2.58. The van der Waals surface area contributed by atoms with Gasteiger partial charge in [0, 0.05) is 13.0 Å². The minimum atomic E-state index is -0.765. The van der Waals surface area contributed by atoms with Gasteiger partial charge in [0.1, 0.15) is 5.75 Å². The molecule has 0 heterocycles. The summed E-state index contributed by atoms with van der Waals surface area (Å²) in [5.41, 5.74) is 1.05. The fourth-order valence-corrected chi connectivity index (χ4v) is 1.70. The summed E-state index contributed by atoms with van der Waals surface area (Å²) >= 11 is 5.98. The van der Waals surface area contributed by atoms with Crippen molar-refractivity contribution in [3.8, 4) is 5.75 Å². The number of carboxylic acid groups (broad SMARTS) is 1. The van der Waals surface area contributed by atoms with Crippen LogP contribution >= 0.6 is 24.0 Å². The van der Waals surface area contributed by atoms with Crippen LogP contribution in [0, 0.1) is 0 Å². The number of carboxylic acids is 1. The van der Waals surface area contributed by atoms with Crippen LogP contribution in [0.15, 0.2) is 18.2 Å². The lowest BCUT2D eigenvalue weighted by atomic mass is 10.2. The highest BCUT2D eigenvalue weighted by molar-refractivity contribution is 6.32. The first kappa shape index (κ1) is 17.0. The Labute approximate surface area is 118 Å². The second-order valence-corrected chi connectivity index (χ2v) is 4.05. The largest absolute Gasteiger partial charge is 0.495 e. The minimum Gasteiger partial charge on any atom is -0.495 e. The summed E-state index contributed by atoms with van der Waals surface area (Å²) in [7, 11) is 1.57. The van der Waals surface area contributed by atoms with Crippen molar-refractivity contribution in [1.29, 1.82) is 0 Å². The molecule has 4 nitrogen and oxygen atoms in total. The summed E-state index contributed by atoms with van der Waals surface area (Å²) in [4.78, 5) is 10.3. The fraction of sp³-hybridized carbons (Fsp3) is 0.417. The maximum absolute atomic E-state index is 10.3. The van der Waals surface area contributed by atoms with Gasteiger partial charge in [0.05, 0.1) is 12.1 Å². The molecule has 0 bridgehead atoms. The molecule has 102 valence electrons. The summed E-state index contributed by atoms with van der Waals surface area (Å²) in [5.74, 6) is -0.111. The van der Waals surface area contributed by atoms with Gasteiger partial charge in [0.15, 0.2) is 0 Å². The van der Waals surface area contributed by atoms with Gasteiger partial charge in [-0.3, -0.25) is 4.79 Å². The van der Waals surface area contributed by atoms with E-state index in [1.807, 2.05) is 18.2 Å². The van der Waals surface area contributed by atoms with Gasteiger partial charge >= 0.3 is 5.97 Å². The molecule has 0 saturated carbocycles. The lowest BCUT2D eigenvalue weighted by Crippen LogP contribution is -2.15. The molecule has 0 aromatic heterocycles. The summed E-state index contributed by atoms with van der Waals surface area (Å²) in [6, 6.07) is 5.58. The number of carbonyl (C=O) groups is 1. The lowest BCUT2D eigenvalue weighted by Gasteiger charge is -2.07. The number of ether oxygens (including phenoxy) is 1. The van der Waals surface area contributed by atoms with Crippen molar-refractivity contribution in [2.45, 2.75) is 19.4 Å². The molecule has 0 aliphatic rings. The standard InChI is InChI=1S/C12H16ClNO3.ClH/c1-17-11-5-4-9(7-10(11)13)8-14-6-2-3-12(15)16;/h4-5,7,14H,2-3,6,8H2,1H3,(H,15,16);1H. The molecule has 1 aromatic carbocycles. The lowest BCUT2D eigenvalue weighted by molar-refractivity contribution is -0.137. The van der Waals surface area contributed by atoms with Gasteiger partial charge in [-0.2, -0.15) is 0 Å². The molecule has 18 heavy (non-hydrogen) atoms. The Morgan fingerprint density at radius 2 is 2.22 bits per heavy atom. The topological polar surface area (TPSA) is 58.6 Å². The highest BCUT2D eigenvalue weighted by atomic mass is 35.5. The number of benzene rings is 1. The zero-order valence-electron chi connectivity index (χ0n) is 10.1. The zero-order chi connectivity index (χ0) is 12.7. The summed E-state index contributed by atoms with van der Waals surface area (Å²) in [6.07, 6.45) is 0.815. The van der Waals surface area contributed by atoms with Crippen molar-refractivity contribution in [1.82, 2.24) is 5.32 Å². The second kappa shape index (κ2) is 9.03. The van der Waals surface area contributed by atoms with Gasteiger partial charge in [-0.15, -0.1) is 12.4 Å². The van der Waals surface area contributed by atoms with E-state index >= 15 is 0 Å². The summed E-state index contributed by atoms with van der Waals surface area (Å²) < 4.78 is 5.05. The number of hydrogen-bond acceptors (Lipinski definition) is 3. The number of nitrogens with one attached hydrogen (secondary N) is 1. The van der Waals surface area contributed by atoms with Crippen molar-refractivity contribution in [3.05, 3.63) is 28.8 Å². The van der Waals surface area contributed by atoms with Crippen molar-refractivity contribution in [2.24, 2.45) is 0 Å². The van der Waals surface area contributed by atoms with Crippen LogP contribution in [0.4, 0.5) is 0 Å². The predicted octanol–water partition coefficient (Wildman–Crippen LogP) is 2.72. The Kier molecular flexibility index (Phi) is 8.54. The van der Waals surface area contributed by atoms with Crippen LogP contribution < -0.4 is 10.1 Å². The van der Waals surface area contributed by atoms with E-state index in [2.05, 4.69) is 5.32 Å². The van der Waals surface area contributed by atoms with Gasteiger partial charge < -0.3 is 15.2 Å². The highest BCUT2D eigenvalue weighted by Gasteiger charge is 2.01. The monoisotopic (exact) mass is 293 g/mol. The average Bonchev–Trinajstić information content (AvgIpc) is 2.28. The van der Waals surface area contributed by atoms with E-state index < -0.39 is 5.97 Å². The molecule has 0 amide bonds. The van der Waals surface area contributed by atoms with E-state index in [0.29, 0.717) is 30.3 Å². The molecule has 0 aliphatic carbocycles. The van der Waals surface area contributed by atoms with E-state index in [9.17, 15) is 4.79 Å². The minimum absolute atomic E-state index is 0. The van der Waals surface area contributed by atoms with Crippen molar-refractivity contribution in [3.63, 3.8) is 0 Å². The Bertz CT molecular complexity index is 386. The molecular formula is C12H17Cl2NO3. The molecule has 0 fully saturated rings. The van der Waals surface area contributed by atoms with Crippen LogP contribution in [0.1, 0.15) is 18.4 Å². The molecule has 0 spiro atoms. The number of halogens is 2. The predicted molar refractivity (Wildman–Crippen MR) is 73.8 cm³/mol. The SMILES string of the molecule is COc1ccc(CNCCCC(=O)O)cc1Cl.Cl. The number of rotatable bonds is 7. The zero-order valence-corrected chi connectivity index (χ0v) is 11.7. The smallest absolute Gasteiger partial charge is 0.303 e. The Morgan fingerprint density at radius 1 is 1.50 bits per heavy atom. The normalized spacial score (nSPS) is 9.67. The van der Waals surface area contributed by atoms with E-state index in [1.54, 1.807) is 7.11 Å². The summed E-state index contributed by atoms with van der Waals surface area (Å²) in [5, 5.41) is 12.2. The van der Waals surface area contributed by atoms with Crippen LogP contribution in [-0.4, -0.2) is 24.7 Å². The van der Waals surface area contributed by atoms with Gasteiger partial charge in [-0.05, 0) is 30.7 Å². The van der Waals surface area contributed by atoms with Crippen molar-refractivity contribution < 1.29 is 14.6 Å².